The number of likely N-dealkylation sites (tertiary alicyclic amines) is 1. The predicted octanol–water partition coefficient (Wildman–Crippen LogP) is 3.09. The van der Waals surface area contributed by atoms with Gasteiger partial charge in [0.05, 0.1) is 0 Å². The Morgan fingerprint density at radius 2 is 1.82 bits per heavy atom. The third kappa shape index (κ3) is 5.46. The van der Waals surface area contributed by atoms with Gasteiger partial charge in [-0.1, -0.05) is 44.7 Å². The van der Waals surface area contributed by atoms with Crippen molar-refractivity contribution in [3.8, 4) is 0 Å². The molecule has 1 aliphatic heterocycles. The minimum absolute atomic E-state index is 0.293. The van der Waals surface area contributed by atoms with E-state index in [-0.39, 0.29) is 0 Å². The zero-order valence-corrected chi connectivity index (χ0v) is 18.0. The van der Waals surface area contributed by atoms with Crippen LogP contribution in [0.25, 0.3) is 0 Å². The maximum atomic E-state index is 5.32. The summed E-state index contributed by atoms with van der Waals surface area (Å²) in [6.07, 6.45) is 11.5. The number of aliphatic imine (C=N–C) groups is 1. The SMILES string of the molecule is CN=C(NCCc1nc(C(C)C)no1)NCC1(N2CCCCC2)CCCCC1. The lowest BCUT2D eigenvalue weighted by molar-refractivity contribution is 0.0368. The highest BCUT2D eigenvalue weighted by Crippen LogP contribution is 2.35. The van der Waals surface area contributed by atoms with E-state index >= 15 is 0 Å². The van der Waals surface area contributed by atoms with Crippen molar-refractivity contribution in [1.82, 2.24) is 25.7 Å². The summed E-state index contributed by atoms with van der Waals surface area (Å²) in [5.74, 6) is 2.62. The lowest BCUT2D eigenvalue weighted by Gasteiger charge is -2.48. The van der Waals surface area contributed by atoms with Gasteiger partial charge < -0.3 is 15.2 Å². The highest BCUT2D eigenvalue weighted by Gasteiger charge is 2.38. The van der Waals surface area contributed by atoms with Crippen molar-refractivity contribution in [3.05, 3.63) is 11.7 Å². The molecule has 1 saturated heterocycles. The molecule has 0 radical (unpaired) electrons. The Balaban J connectivity index is 1.49. The molecule has 2 N–H and O–H groups in total. The number of rotatable bonds is 7. The van der Waals surface area contributed by atoms with Gasteiger partial charge in [0, 0.05) is 38.0 Å². The second kappa shape index (κ2) is 10.2. The first-order valence-corrected chi connectivity index (χ1v) is 11.1. The maximum Gasteiger partial charge on any atom is 0.228 e. The van der Waals surface area contributed by atoms with Crippen molar-refractivity contribution in [1.29, 1.82) is 0 Å². The Hall–Kier alpha value is -1.63. The number of hydrogen-bond donors (Lipinski definition) is 2. The summed E-state index contributed by atoms with van der Waals surface area (Å²) in [4.78, 5) is 11.6. The molecular weight excluding hydrogens is 352 g/mol. The van der Waals surface area contributed by atoms with E-state index in [1.165, 1.54) is 64.5 Å². The minimum Gasteiger partial charge on any atom is -0.356 e. The van der Waals surface area contributed by atoms with E-state index in [1.807, 2.05) is 7.05 Å². The van der Waals surface area contributed by atoms with Gasteiger partial charge in [0.2, 0.25) is 5.89 Å². The van der Waals surface area contributed by atoms with Crippen molar-refractivity contribution in [3.63, 3.8) is 0 Å². The van der Waals surface area contributed by atoms with E-state index in [0.29, 0.717) is 23.8 Å². The summed E-state index contributed by atoms with van der Waals surface area (Å²) in [5, 5.41) is 11.1. The summed E-state index contributed by atoms with van der Waals surface area (Å²) in [7, 11) is 1.84. The van der Waals surface area contributed by atoms with Crippen LogP contribution in [-0.4, -0.2) is 59.8 Å². The Bertz CT molecular complexity index is 614. The molecule has 1 aliphatic carbocycles. The smallest absolute Gasteiger partial charge is 0.228 e. The molecule has 7 heteroatoms. The highest BCUT2D eigenvalue weighted by atomic mass is 16.5. The van der Waals surface area contributed by atoms with Crippen LogP contribution in [0.4, 0.5) is 0 Å². The second-order valence-electron chi connectivity index (χ2n) is 8.64. The maximum absolute atomic E-state index is 5.32. The van der Waals surface area contributed by atoms with E-state index in [4.69, 9.17) is 4.52 Å². The summed E-state index contributed by atoms with van der Waals surface area (Å²) in [6, 6.07) is 0. The lowest BCUT2D eigenvalue weighted by atomic mass is 9.79. The van der Waals surface area contributed by atoms with Crippen LogP contribution in [-0.2, 0) is 6.42 Å². The molecule has 0 unspecified atom stereocenters. The predicted molar refractivity (Wildman–Crippen MR) is 113 cm³/mol. The number of nitrogens with one attached hydrogen (secondary N) is 2. The number of hydrogen-bond acceptors (Lipinski definition) is 5. The molecule has 0 amide bonds. The first-order chi connectivity index (χ1) is 13.6. The Morgan fingerprint density at radius 3 is 2.46 bits per heavy atom. The topological polar surface area (TPSA) is 78.6 Å². The van der Waals surface area contributed by atoms with E-state index in [2.05, 4.69) is 44.5 Å². The largest absolute Gasteiger partial charge is 0.356 e. The average Bonchev–Trinajstić information content (AvgIpc) is 3.21. The van der Waals surface area contributed by atoms with Crippen LogP contribution >= 0.6 is 0 Å². The van der Waals surface area contributed by atoms with Gasteiger partial charge in [-0.05, 0) is 38.8 Å². The molecular formula is C21H38N6O. The van der Waals surface area contributed by atoms with Gasteiger partial charge in [0.15, 0.2) is 11.8 Å². The third-order valence-corrected chi connectivity index (χ3v) is 6.25. The minimum atomic E-state index is 0.293. The van der Waals surface area contributed by atoms with Crippen LogP contribution < -0.4 is 10.6 Å². The number of guanidine groups is 1. The first kappa shape index (κ1) is 21.1. The van der Waals surface area contributed by atoms with Crippen LogP contribution in [0.3, 0.4) is 0 Å². The number of piperidine rings is 1. The van der Waals surface area contributed by atoms with Crippen LogP contribution in [0.2, 0.25) is 0 Å². The molecule has 1 saturated carbocycles. The summed E-state index contributed by atoms with van der Waals surface area (Å²) < 4.78 is 5.32. The molecule has 0 bridgehead atoms. The molecule has 158 valence electrons. The fourth-order valence-corrected chi connectivity index (χ4v) is 4.54. The van der Waals surface area contributed by atoms with E-state index < -0.39 is 0 Å². The summed E-state index contributed by atoms with van der Waals surface area (Å²) in [6.45, 7) is 8.36. The van der Waals surface area contributed by atoms with Crippen molar-refractivity contribution in [2.45, 2.75) is 83.1 Å². The molecule has 0 aromatic carbocycles. The fourth-order valence-electron chi connectivity index (χ4n) is 4.54. The fraction of sp³-hybridized carbons (Fsp3) is 0.857. The van der Waals surface area contributed by atoms with E-state index in [1.54, 1.807) is 0 Å². The van der Waals surface area contributed by atoms with Gasteiger partial charge in [-0.25, -0.2) is 0 Å². The summed E-state index contributed by atoms with van der Waals surface area (Å²) >= 11 is 0. The van der Waals surface area contributed by atoms with Crippen molar-refractivity contribution < 1.29 is 4.52 Å². The van der Waals surface area contributed by atoms with Crippen molar-refractivity contribution in [2.24, 2.45) is 4.99 Å². The van der Waals surface area contributed by atoms with E-state index in [0.717, 1.165) is 24.9 Å². The Kier molecular flexibility index (Phi) is 7.71. The molecule has 2 aliphatic rings. The van der Waals surface area contributed by atoms with Crippen LogP contribution in [0.1, 0.15) is 82.8 Å². The molecule has 1 aromatic rings. The number of aromatic nitrogens is 2. The monoisotopic (exact) mass is 390 g/mol. The quantitative estimate of drug-likeness (QED) is 0.550. The third-order valence-electron chi connectivity index (χ3n) is 6.25. The van der Waals surface area contributed by atoms with Gasteiger partial charge in [0.25, 0.3) is 0 Å². The van der Waals surface area contributed by atoms with Gasteiger partial charge in [-0.3, -0.25) is 9.89 Å². The van der Waals surface area contributed by atoms with Gasteiger partial charge in [-0.2, -0.15) is 4.98 Å². The molecule has 2 fully saturated rings. The molecule has 2 heterocycles. The molecule has 0 spiro atoms. The normalized spacial score (nSPS) is 21.1. The van der Waals surface area contributed by atoms with Crippen LogP contribution in [0.15, 0.2) is 9.52 Å². The second-order valence-corrected chi connectivity index (χ2v) is 8.64. The first-order valence-electron chi connectivity index (χ1n) is 11.1. The standard InChI is InChI=1S/C21H38N6O/c1-17(2)19-25-18(28-26-19)10-13-23-20(22-3)24-16-21(11-6-4-7-12-21)27-14-8-5-9-15-27/h17H,4-16H2,1-3H3,(H2,22,23,24). The van der Waals surface area contributed by atoms with Crippen LogP contribution in [0.5, 0.6) is 0 Å². The molecule has 1 aromatic heterocycles. The van der Waals surface area contributed by atoms with E-state index in [9.17, 15) is 0 Å². The van der Waals surface area contributed by atoms with Gasteiger partial charge >= 0.3 is 0 Å². The van der Waals surface area contributed by atoms with Crippen molar-refractivity contribution in [2.75, 3.05) is 33.2 Å². The zero-order chi connectivity index (χ0) is 19.8. The van der Waals surface area contributed by atoms with Gasteiger partial charge in [-0.15, -0.1) is 0 Å². The Morgan fingerprint density at radius 1 is 1.11 bits per heavy atom. The lowest BCUT2D eigenvalue weighted by Crippen LogP contribution is -2.59. The molecule has 28 heavy (non-hydrogen) atoms. The highest BCUT2D eigenvalue weighted by molar-refractivity contribution is 5.79. The zero-order valence-electron chi connectivity index (χ0n) is 18.0. The van der Waals surface area contributed by atoms with Gasteiger partial charge in [0.1, 0.15) is 0 Å². The molecule has 3 rings (SSSR count). The summed E-state index contributed by atoms with van der Waals surface area (Å²) in [5.41, 5.74) is 0.301. The van der Waals surface area contributed by atoms with Crippen molar-refractivity contribution >= 4 is 5.96 Å². The van der Waals surface area contributed by atoms with Crippen LogP contribution in [0, 0.1) is 0 Å². The Labute approximate surface area is 169 Å². The number of nitrogens with zero attached hydrogens (tertiary/aromatic N) is 4. The molecule has 7 nitrogen and oxygen atoms in total. The molecule has 0 atom stereocenters. The average molecular weight is 391 g/mol.